The minimum absolute atomic E-state index is 0.0431. The Morgan fingerprint density at radius 3 is 2.67 bits per heavy atom. The molecule has 1 N–H and O–H groups in total. The van der Waals surface area contributed by atoms with Gasteiger partial charge in [-0.25, -0.2) is 4.79 Å². The molecule has 0 bridgehead atoms. The number of hydrogen-bond donors (Lipinski definition) is 1. The lowest BCUT2D eigenvalue weighted by molar-refractivity contribution is 0.0700. The van der Waals surface area contributed by atoms with Crippen molar-refractivity contribution in [3.05, 3.63) is 50.1 Å². The molecule has 7 heteroatoms. The molecule has 2 aromatic rings. The van der Waals surface area contributed by atoms with Crippen molar-refractivity contribution in [2.45, 2.75) is 13.5 Å². The molecule has 0 aliphatic carbocycles. The molecule has 0 amide bonds. The van der Waals surface area contributed by atoms with E-state index in [1.54, 1.807) is 24.3 Å². The Hall–Kier alpha value is -2.41. The average molecular weight is 307 g/mol. The largest absolute Gasteiger partial charge is 0.497 e. The number of ketones is 1. The first kappa shape index (κ1) is 15.0. The smallest absolute Gasteiger partial charge is 0.347 e. The van der Waals surface area contributed by atoms with Crippen LogP contribution in [0.15, 0.2) is 29.1 Å². The van der Waals surface area contributed by atoms with Crippen molar-refractivity contribution in [1.29, 1.82) is 0 Å². The van der Waals surface area contributed by atoms with Gasteiger partial charge >= 0.3 is 10.8 Å². The molecule has 110 valence electrons. The number of nitrogens with zero attached hydrogens (tertiary/aromatic N) is 1. The number of hydrogen-bond acceptors (Lipinski definition) is 5. The van der Waals surface area contributed by atoms with Gasteiger partial charge in [-0.1, -0.05) is 23.5 Å². The third kappa shape index (κ3) is 3.03. The van der Waals surface area contributed by atoms with Crippen molar-refractivity contribution in [1.82, 2.24) is 4.57 Å². The fourth-order valence-electron chi connectivity index (χ4n) is 1.89. The second kappa shape index (κ2) is 5.92. The van der Waals surface area contributed by atoms with E-state index in [1.807, 2.05) is 0 Å². The Morgan fingerprint density at radius 2 is 2.10 bits per heavy atom. The summed E-state index contributed by atoms with van der Waals surface area (Å²) in [6, 6.07) is 6.59. The zero-order valence-electron chi connectivity index (χ0n) is 11.5. The number of carbonyl (C=O) groups excluding carboxylic acids is 1. The molecule has 1 aromatic carbocycles. The van der Waals surface area contributed by atoms with Gasteiger partial charge in [0, 0.05) is 11.3 Å². The van der Waals surface area contributed by atoms with Crippen molar-refractivity contribution in [3.8, 4) is 5.75 Å². The van der Waals surface area contributed by atoms with E-state index in [1.165, 1.54) is 18.6 Å². The van der Waals surface area contributed by atoms with Crippen LogP contribution in [0.2, 0.25) is 0 Å². The lowest BCUT2D eigenvalue weighted by Crippen LogP contribution is -2.20. The number of thiazole rings is 1. The van der Waals surface area contributed by atoms with E-state index in [9.17, 15) is 14.4 Å². The summed E-state index contributed by atoms with van der Waals surface area (Å²) in [6.45, 7) is 1.32. The lowest BCUT2D eigenvalue weighted by Gasteiger charge is -2.06. The molecule has 0 fully saturated rings. The predicted molar refractivity (Wildman–Crippen MR) is 77.6 cm³/mol. The van der Waals surface area contributed by atoms with Gasteiger partial charge in [-0.2, -0.15) is 0 Å². The maximum absolute atomic E-state index is 12.2. The minimum Gasteiger partial charge on any atom is -0.497 e. The number of carbonyl (C=O) groups is 2. The molecule has 0 aliphatic rings. The van der Waals surface area contributed by atoms with Gasteiger partial charge in [-0.3, -0.25) is 14.2 Å². The highest BCUT2D eigenvalue weighted by Crippen LogP contribution is 2.15. The molecule has 2 rings (SSSR count). The number of aromatic nitrogens is 1. The van der Waals surface area contributed by atoms with Crippen LogP contribution in [0, 0.1) is 6.92 Å². The summed E-state index contributed by atoms with van der Waals surface area (Å²) in [5, 5.41) is 8.98. The zero-order chi connectivity index (χ0) is 15.6. The number of benzene rings is 1. The summed E-state index contributed by atoms with van der Waals surface area (Å²) in [5.41, 5.74) is 0.692. The predicted octanol–water partition coefficient (Wildman–Crippen LogP) is 1.81. The SMILES string of the molecule is COc1cccc(C(=O)Cn2c(C)c(C(=O)O)sc2=O)c1. The standard InChI is InChI=1S/C14H13NO5S/c1-8-12(13(17)18)21-14(19)15(8)7-11(16)9-4-3-5-10(6-9)20-2/h3-6H,7H2,1-2H3,(H,17,18). The number of aromatic carboxylic acids is 1. The van der Waals surface area contributed by atoms with Crippen LogP contribution in [0.5, 0.6) is 5.75 Å². The van der Waals surface area contributed by atoms with Crippen LogP contribution in [-0.2, 0) is 6.54 Å². The van der Waals surface area contributed by atoms with Crippen LogP contribution in [-0.4, -0.2) is 28.5 Å². The van der Waals surface area contributed by atoms with E-state index in [-0.39, 0.29) is 22.9 Å². The normalized spacial score (nSPS) is 10.4. The molecule has 0 radical (unpaired) electrons. The molecule has 0 spiro atoms. The molecule has 0 atom stereocenters. The molecule has 1 heterocycles. The quantitative estimate of drug-likeness (QED) is 0.851. The van der Waals surface area contributed by atoms with E-state index < -0.39 is 10.8 Å². The summed E-state index contributed by atoms with van der Waals surface area (Å²) in [4.78, 5) is 34.5. The number of carboxylic acid groups (broad SMARTS) is 1. The number of rotatable bonds is 5. The van der Waals surface area contributed by atoms with E-state index in [0.717, 1.165) is 0 Å². The highest BCUT2D eigenvalue weighted by Gasteiger charge is 2.19. The monoisotopic (exact) mass is 307 g/mol. The summed E-state index contributed by atoms with van der Waals surface area (Å²) < 4.78 is 6.22. The van der Waals surface area contributed by atoms with Crippen LogP contribution in [0.25, 0.3) is 0 Å². The zero-order valence-corrected chi connectivity index (χ0v) is 12.3. The third-order valence-corrected chi connectivity index (χ3v) is 4.10. The topological polar surface area (TPSA) is 85.6 Å². The van der Waals surface area contributed by atoms with Crippen LogP contribution in [0.1, 0.15) is 25.7 Å². The van der Waals surface area contributed by atoms with Crippen molar-refractivity contribution < 1.29 is 19.4 Å². The fraction of sp³-hybridized carbons (Fsp3) is 0.214. The Bertz CT molecular complexity index is 759. The summed E-state index contributed by atoms with van der Waals surface area (Å²) in [7, 11) is 1.50. The van der Waals surface area contributed by atoms with Gasteiger partial charge in [0.1, 0.15) is 10.6 Å². The number of ether oxygens (including phenoxy) is 1. The molecule has 6 nitrogen and oxygen atoms in total. The van der Waals surface area contributed by atoms with Crippen molar-refractivity contribution in [3.63, 3.8) is 0 Å². The van der Waals surface area contributed by atoms with Gasteiger partial charge < -0.3 is 9.84 Å². The third-order valence-electron chi connectivity index (χ3n) is 3.03. The van der Waals surface area contributed by atoms with Gasteiger partial charge in [0.05, 0.1) is 13.7 Å². The van der Waals surface area contributed by atoms with Crippen LogP contribution >= 0.6 is 11.3 Å². The van der Waals surface area contributed by atoms with Gasteiger partial charge in [0.15, 0.2) is 5.78 Å². The molecular weight excluding hydrogens is 294 g/mol. The lowest BCUT2D eigenvalue weighted by atomic mass is 10.1. The van der Waals surface area contributed by atoms with Crippen LogP contribution < -0.4 is 9.61 Å². The maximum Gasteiger partial charge on any atom is 0.347 e. The van der Waals surface area contributed by atoms with E-state index in [2.05, 4.69) is 0 Å². The first-order valence-electron chi connectivity index (χ1n) is 6.04. The Balaban J connectivity index is 2.32. The second-order valence-electron chi connectivity index (χ2n) is 4.33. The van der Waals surface area contributed by atoms with Crippen molar-refractivity contribution >= 4 is 23.1 Å². The molecule has 0 unspecified atom stereocenters. The van der Waals surface area contributed by atoms with Crippen molar-refractivity contribution in [2.75, 3.05) is 7.11 Å². The molecule has 0 aliphatic heterocycles. The fourth-order valence-corrected chi connectivity index (χ4v) is 2.72. The van der Waals surface area contributed by atoms with E-state index in [0.29, 0.717) is 22.6 Å². The summed E-state index contributed by atoms with van der Waals surface area (Å²) in [6.07, 6.45) is 0. The average Bonchev–Trinajstić information content (AvgIpc) is 2.75. The highest BCUT2D eigenvalue weighted by molar-refractivity contribution is 7.11. The second-order valence-corrected chi connectivity index (χ2v) is 5.29. The Morgan fingerprint density at radius 1 is 1.38 bits per heavy atom. The van der Waals surface area contributed by atoms with Gasteiger partial charge in [0.25, 0.3) is 0 Å². The number of Topliss-reactive ketones (excluding diaryl/α,β-unsaturated/α-hetero) is 1. The van der Waals surface area contributed by atoms with E-state index >= 15 is 0 Å². The highest BCUT2D eigenvalue weighted by atomic mass is 32.1. The number of carboxylic acids is 1. The first-order chi connectivity index (χ1) is 9.93. The molecule has 0 saturated carbocycles. The molecule has 21 heavy (non-hydrogen) atoms. The summed E-state index contributed by atoms with van der Waals surface area (Å²) >= 11 is 0.625. The minimum atomic E-state index is -1.16. The van der Waals surface area contributed by atoms with Crippen LogP contribution in [0.4, 0.5) is 0 Å². The maximum atomic E-state index is 12.2. The van der Waals surface area contributed by atoms with E-state index in [4.69, 9.17) is 9.84 Å². The van der Waals surface area contributed by atoms with Gasteiger partial charge in [-0.05, 0) is 19.1 Å². The van der Waals surface area contributed by atoms with Gasteiger partial charge in [0.2, 0.25) is 0 Å². The molecule has 1 aromatic heterocycles. The Labute approximate surface area is 124 Å². The van der Waals surface area contributed by atoms with Crippen LogP contribution in [0.3, 0.4) is 0 Å². The Kier molecular flexibility index (Phi) is 4.23. The molecule has 0 saturated heterocycles. The first-order valence-corrected chi connectivity index (χ1v) is 6.86. The summed E-state index contributed by atoms with van der Waals surface area (Å²) in [5.74, 6) is -0.905. The van der Waals surface area contributed by atoms with Gasteiger partial charge in [-0.15, -0.1) is 0 Å². The molecular formula is C14H13NO5S. The number of methoxy groups -OCH3 is 1. The van der Waals surface area contributed by atoms with Crippen molar-refractivity contribution in [2.24, 2.45) is 0 Å².